The molecule has 2 N–H and O–H groups in total. The van der Waals surface area contributed by atoms with Crippen LogP contribution in [-0.2, 0) is 4.84 Å². The van der Waals surface area contributed by atoms with Gasteiger partial charge >= 0.3 is 0 Å². The van der Waals surface area contributed by atoms with Crippen LogP contribution in [0.1, 0.15) is 6.92 Å². The third kappa shape index (κ3) is 1.88. The molecule has 0 spiro atoms. The first-order valence-electron chi connectivity index (χ1n) is 3.51. The Kier molecular flexibility index (Phi) is 2.80. The zero-order valence-electron chi connectivity index (χ0n) is 6.45. The van der Waals surface area contributed by atoms with Gasteiger partial charge in [-0.1, -0.05) is 5.16 Å². The highest BCUT2D eigenvalue weighted by Crippen LogP contribution is 2.02. The van der Waals surface area contributed by atoms with Gasteiger partial charge in [0.25, 0.3) is 0 Å². The van der Waals surface area contributed by atoms with E-state index in [4.69, 9.17) is 10.6 Å². The lowest BCUT2D eigenvalue weighted by Gasteiger charge is -1.97. The minimum absolute atomic E-state index is 0.450. The highest BCUT2D eigenvalue weighted by molar-refractivity contribution is 6.39. The summed E-state index contributed by atoms with van der Waals surface area (Å²) in [6, 6.07) is 0. The standard InChI is InChI=1S/C7H11N3O/c1-2-11-10-7-5-9-4-6(7)3-8/h4-5H,2-3,8H2,1H3. The number of hydrogen-bond acceptors (Lipinski definition) is 4. The maximum Gasteiger partial charge on any atom is 0.127 e. The molecular weight excluding hydrogens is 142 g/mol. The maximum atomic E-state index is 5.41. The van der Waals surface area contributed by atoms with Crippen LogP contribution in [0, 0.1) is 0 Å². The Bertz CT molecular complexity index is 218. The lowest BCUT2D eigenvalue weighted by Crippen LogP contribution is -2.11. The van der Waals surface area contributed by atoms with Gasteiger partial charge in [0.05, 0.1) is 6.21 Å². The molecule has 0 atom stereocenters. The first-order valence-corrected chi connectivity index (χ1v) is 3.51. The van der Waals surface area contributed by atoms with Crippen molar-refractivity contribution in [2.75, 3.05) is 13.2 Å². The van der Waals surface area contributed by atoms with Crippen LogP contribution in [0.3, 0.4) is 0 Å². The molecule has 0 radical (unpaired) electrons. The molecule has 0 saturated heterocycles. The number of hydrogen-bond donors (Lipinski definition) is 1. The normalized spacial score (nSPS) is 19.1. The highest BCUT2D eigenvalue weighted by Gasteiger charge is 2.07. The van der Waals surface area contributed by atoms with Crippen molar-refractivity contribution in [3.05, 3.63) is 11.8 Å². The van der Waals surface area contributed by atoms with Crippen molar-refractivity contribution in [2.24, 2.45) is 15.9 Å². The predicted octanol–water partition coefficient (Wildman–Crippen LogP) is 0.306. The van der Waals surface area contributed by atoms with Gasteiger partial charge in [-0.05, 0) is 6.92 Å². The van der Waals surface area contributed by atoms with Gasteiger partial charge in [-0.3, -0.25) is 4.99 Å². The minimum atomic E-state index is 0.450. The van der Waals surface area contributed by atoms with Crippen LogP contribution in [0.2, 0.25) is 0 Å². The van der Waals surface area contributed by atoms with E-state index in [1.165, 1.54) is 0 Å². The number of nitrogens with zero attached hydrogens (tertiary/aromatic N) is 2. The van der Waals surface area contributed by atoms with E-state index in [0.717, 1.165) is 11.3 Å². The molecule has 1 heterocycles. The zero-order valence-corrected chi connectivity index (χ0v) is 6.45. The van der Waals surface area contributed by atoms with Crippen molar-refractivity contribution < 1.29 is 4.84 Å². The predicted molar refractivity (Wildman–Crippen MR) is 44.7 cm³/mol. The summed E-state index contributed by atoms with van der Waals surface area (Å²) in [5, 5.41) is 3.81. The van der Waals surface area contributed by atoms with Crippen LogP contribution in [0.25, 0.3) is 0 Å². The molecule has 1 aliphatic heterocycles. The van der Waals surface area contributed by atoms with Gasteiger partial charge in [-0.2, -0.15) is 0 Å². The largest absolute Gasteiger partial charge is 0.396 e. The second kappa shape index (κ2) is 3.88. The molecule has 4 heteroatoms. The van der Waals surface area contributed by atoms with E-state index in [1.54, 1.807) is 12.4 Å². The Morgan fingerprint density at radius 1 is 1.73 bits per heavy atom. The van der Waals surface area contributed by atoms with Crippen LogP contribution in [-0.4, -0.2) is 25.1 Å². The van der Waals surface area contributed by atoms with Gasteiger partial charge in [0.1, 0.15) is 12.3 Å². The first-order chi connectivity index (χ1) is 5.38. The number of nitrogens with two attached hydrogens (primary N) is 1. The van der Waals surface area contributed by atoms with Crippen LogP contribution < -0.4 is 5.73 Å². The smallest absolute Gasteiger partial charge is 0.127 e. The van der Waals surface area contributed by atoms with E-state index in [0.29, 0.717) is 13.2 Å². The van der Waals surface area contributed by atoms with Gasteiger partial charge in [0, 0.05) is 18.3 Å². The van der Waals surface area contributed by atoms with Gasteiger partial charge in [0.2, 0.25) is 0 Å². The summed E-state index contributed by atoms with van der Waals surface area (Å²) >= 11 is 0. The lowest BCUT2D eigenvalue weighted by atomic mass is 10.2. The maximum absolute atomic E-state index is 5.41. The van der Waals surface area contributed by atoms with E-state index < -0.39 is 0 Å². The third-order valence-electron chi connectivity index (χ3n) is 1.27. The van der Waals surface area contributed by atoms with Crippen molar-refractivity contribution >= 4 is 11.9 Å². The molecular formula is C7H11N3O. The molecule has 0 aliphatic carbocycles. The molecule has 0 aromatic carbocycles. The van der Waals surface area contributed by atoms with Crippen LogP contribution in [0.4, 0.5) is 0 Å². The molecule has 0 amide bonds. The lowest BCUT2D eigenvalue weighted by molar-refractivity contribution is 0.159. The first kappa shape index (κ1) is 7.94. The second-order valence-corrected chi connectivity index (χ2v) is 2.03. The Morgan fingerprint density at radius 3 is 3.18 bits per heavy atom. The second-order valence-electron chi connectivity index (χ2n) is 2.03. The minimum Gasteiger partial charge on any atom is -0.396 e. The monoisotopic (exact) mass is 153 g/mol. The van der Waals surface area contributed by atoms with E-state index in [-0.39, 0.29) is 0 Å². The molecule has 0 aromatic rings. The van der Waals surface area contributed by atoms with Crippen LogP contribution in [0.15, 0.2) is 21.9 Å². The zero-order chi connectivity index (χ0) is 8.10. The van der Waals surface area contributed by atoms with Crippen molar-refractivity contribution in [3.8, 4) is 0 Å². The van der Waals surface area contributed by atoms with Gasteiger partial charge in [-0.15, -0.1) is 0 Å². The Morgan fingerprint density at radius 2 is 2.55 bits per heavy atom. The summed E-state index contributed by atoms with van der Waals surface area (Å²) in [4.78, 5) is 8.74. The topological polar surface area (TPSA) is 60.0 Å². The van der Waals surface area contributed by atoms with E-state index >= 15 is 0 Å². The number of aliphatic imine (C=N–C) groups is 1. The molecule has 1 aliphatic rings. The molecule has 4 nitrogen and oxygen atoms in total. The van der Waals surface area contributed by atoms with E-state index in [9.17, 15) is 0 Å². The number of oxime groups is 1. The average Bonchev–Trinajstić information content (AvgIpc) is 2.47. The molecule has 0 unspecified atom stereocenters. The number of rotatable bonds is 3. The molecule has 60 valence electrons. The van der Waals surface area contributed by atoms with Crippen LogP contribution >= 0.6 is 0 Å². The molecule has 0 bridgehead atoms. The van der Waals surface area contributed by atoms with E-state index in [1.807, 2.05) is 6.92 Å². The molecule has 11 heavy (non-hydrogen) atoms. The molecule has 0 fully saturated rings. The fraction of sp³-hybridized carbons (Fsp3) is 0.429. The Labute approximate surface area is 65.4 Å². The van der Waals surface area contributed by atoms with Crippen molar-refractivity contribution in [1.82, 2.24) is 0 Å². The summed E-state index contributed by atoms with van der Waals surface area (Å²) in [7, 11) is 0. The summed E-state index contributed by atoms with van der Waals surface area (Å²) in [5.41, 5.74) is 7.06. The summed E-state index contributed by atoms with van der Waals surface area (Å²) in [6.07, 6.45) is 3.33. The molecule has 0 aromatic heterocycles. The fourth-order valence-corrected chi connectivity index (χ4v) is 0.720. The summed E-state index contributed by atoms with van der Waals surface area (Å²) in [6.45, 7) is 2.89. The third-order valence-corrected chi connectivity index (χ3v) is 1.27. The highest BCUT2D eigenvalue weighted by atomic mass is 16.6. The SMILES string of the molecule is CCON=C1C=NC=C1CN. The van der Waals surface area contributed by atoms with Crippen molar-refractivity contribution in [2.45, 2.75) is 6.92 Å². The molecule has 0 saturated carbocycles. The fourth-order valence-electron chi connectivity index (χ4n) is 0.720. The quantitative estimate of drug-likeness (QED) is 0.593. The average molecular weight is 153 g/mol. The Balaban J connectivity index is 2.59. The van der Waals surface area contributed by atoms with Gasteiger partial charge < -0.3 is 10.6 Å². The summed E-state index contributed by atoms with van der Waals surface area (Å²) < 4.78 is 0. The summed E-state index contributed by atoms with van der Waals surface area (Å²) in [5.74, 6) is 0. The van der Waals surface area contributed by atoms with Crippen molar-refractivity contribution in [1.29, 1.82) is 0 Å². The van der Waals surface area contributed by atoms with Gasteiger partial charge in [0.15, 0.2) is 0 Å². The Hall–Kier alpha value is -1.16. The van der Waals surface area contributed by atoms with E-state index in [2.05, 4.69) is 10.1 Å². The molecule has 1 rings (SSSR count). The van der Waals surface area contributed by atoms with Crippen molar-refractivity contribution in [3.63, 3.8) is 0 Å². The van der Waals surface area contributed by atoms with Crippen LogP contribution in [0.5, 0.6) is 0 Å². The van der Waals surface area contributed by atoms with Gasteiger partial charge in [-0.25, -0.2) is 0 Å².